The van der Waals surface area contributed by atoms with E-state index >= 15 is 0 Å². The summed E-state index contributed by atoms with van der Waals surface area (Å²) in [6, 6.07) is 0. The van der Waals surface area contributed by atoms with Gasteiger partial charge in [-0.2, -0.15) is 0 Å². The monoisotopic (exact) mass is 271 g/mol. The van der Waals surface area contributed by atoms with Gasteiger partial charge in [-0.05, 0) is 25.4 Å². The summed E-state index contributed by atoms with van der Waals surface area (Å²) in [7, 11) is 0. The lowest BCUT2D eigenvalue weighted by atomic mass is 10.2. The predicted octanol–water partition coefficient (Wildman–Crippen LogP) is -0.149. The van der Waals surface area contributed by atoms with Gasteiger partial charge in [-0.3, -0.25) is 14.5 Å². The summed E-state index contributed by atoms with van der Waals surface area (Å²) in [6.45, 7) is 8.18. The van der Waals surface area contributed by atoms with Crippen LogP contribution in [0, 0.1) is 5.92 Å². The highest BCUT2D eigenvalue weighted by Gasteiger charge is 2.20. The van der Waals surface area contributed by atoms with E-state index in [1.54, 1.807) is 0 Å². The first-order chi connectivity index (χ1) is 8.99. The molecule has 0 aromatic rings. The molecule has 1 heterocycles. The average molecular weight is 271 g/mol. The first-order valence-corrected chi connectivity index (χ1v) is 6.91. The average Bonchev–Trinajstić information content (AvgIpc) is 2.55. The number of carboxylic acids is 1. The minimum Gasteiger partial charge on any atom is -0.480 e. The van der Waals surface area contributed by atoms with Gasteiger partial charge in [-0.1, -0.05) is 13.8 Å². The minimum atomic E-state index is -0.952. The zero-order valence-corrected chi connectivity index (χ0v) is 11.9. The Morgan fingerprint density at radius 2 is 2.05 bits per heavy atom. The Balaban J connectivity index is 2.51. The molecule has 0 saturated carbocycles. The standard InChI is InChI=1S/C13H25N3O3/c1-11(2)8-16(10-13(18)19)12(17)9-15-6-3-4-14-5-7-15/h11,14H,3-10H2,1-2H3,(H,18,19). The van der Waals surface area contributed by atoms with E-state index in [0.29, 0.717) is 13.1 Å². The maximum absolute atomic E-state index is 12.2. The van der Waals surface area contributed by atoms with Crippen LogP contribution in [0.5, 0.6) is 0 Å². The maximum Gasteiger partial charge on any atom is 0.323 e. The third-order valence-corrected chi connectivity index (χ3v) is 3.06. The third-order valence-electron chi connectivity index (χ3n) is 3.06. The van der Waals surface area contributed by atoms with Gasteiger partial charge in [0.15, 0.2) is 0 Å². The van der Waals surface area contributed by atoms with Gasteiger partial charge in [-0.15, -0.1) is 0 Å². The Labute approximate surface area is 114 Å². The van der Waals surface area contributed by atoms with Crippen molar-refractivity contribution in [2.75, 3.05) is 45.8 Å². The molecule has 0 aromatic heterocycles. The van der Waals surface area contributed by atoms with Crippen LogP contribution in [-0.2, 0) is 9.59 Å². The molecular formula is C13H25N3O3. The predicted molar refractivity (Wildman–Crippen MR) is 73.0 cm³/mol. The first kappa shape index (κ1) is 15.9. The molecule has 1 saturated heterocycles. The van der Waals surface area contributed by atoms with Crippen molar-refractivity contribution in [2.45, 2.75) is 20.3 Å². The summed E-state index contributed by atoms with van der Waals surface area (Å²) < 4.78 is 0. The van der Waals surface area contributed by atoms with Gasteiger partial charge in [-0.25, -0.2) is 0 Å². The number of amides is 1. The van der Waals surface area contributed by atoms with Gasteiger partial charge in [0.25, 0.3) is 0 Å². The number of carboxylic acid groups (broad SMARTS) is 1. The SMILES string of the molecule is CC(C)CN(CC(=O)O)C(=O)CN1CCCNCC1. The molecular weight excluding hydrogens is 246 g/mol. The Kier molecular flexibility index (Phi) is 6.80. The van der Waals surface area contributed by atoms with E-state index in [1.165, 1.54) is 4.90 Å². The lowest BCUT2D eigenvalue weighted by Crippen LogP contribution is -2.45. The molecule has 0 aliphatic carbocycles. The number of nitrogens with one attached hydrogen (secondary N) is 1. The Hall–Kier alpha value is -1.14. The van der Waals surface area contributed by atoms with Gasteiger partial charge in [0.05, 0.1) is 6.54 Å². The molecule has 0 bridgehead atoms. The lowest BCUT2D eigenvalue weighted by molar-refractivity contribution is -0.145. The molecule has 6 heteroatoms. The van der Waals surface area contributed by atoms with E-state index in [4.69, 9.17) is 5.11 Å². The Morgan fingerprint density at radius 1 is 1.32 bits per heavy atom. The molecule has 0 aromatic carbocycles. The summed E-state index contributed by atoms with van der Waals surface area (Å²) in [4.78, 5) is 26.6. The van der Waals surface area contributed by atoms with E-state index in [2.05, 4.69) is 10.2 Å². The van der Waals surface area contributed by atoms with Crippen LogP contribution in [0.3, 0.4) is 0 Å². The molecule has 1 amide bonds. The van der Waals surface area contributed by atoms with Gasteiger partial charge < -0.3 is 15.3 Å². The Bertz CT molecular complexity index is 300. The summed E-state index contributed by atoms with van der Waals surface area (Å²) in [5.41, 5.74) is 0. The topological polar surface area (TPSA) is 72.9 Å². The van der Waals surface area contributed by atoms with Crippen molar-refractivity contribution in [1.82, 2.24) is 15.1 Å². The third kappa shape index (κ3) is 6.54. The number of rotatable bonds is 6. The quantitative estimate of drug-likeness (QED) is 0.703. The van der Waals surface area contributed by atoms with Crippen LogP contribution in [0.25, 0.3) is 0 Å². The lowest BCUT2D eigenvalue weighted by Gasteiger charge is -2.26. The van der Waals surface area contributed by atoms with E-state index in [-0.39, 0.29) is 18.4 Å². The fraction of sp³-hybridized carbons (Fsp3) is 0.846. The summed E-state index contributed by atoms with van der Waals surface area (Å²) in [6.07, 6.45) is 1.02. The molecule has 0 unspecified atom stereocenters. The van der Waals surface area contributed by atoms with Crippen molar-refractivity contribution in [3.8, 4) is 0 Å². The molecule has 0 spiro atoms. The van der Waals surface area contributed by atoms with Crippen molar-refractivity contribution in [1.29, 1.82) is 0 Å². The minimum absolute atomic E-state index is 0.0852. The normalized spacial score (nSPS) is 17.2. The fourth-order valence-corrected chi connectivity index (χ4v) is 2.21. The zero-order valence-electron chi connectivity index (χ0n) is 11.9. The molecule has 1 fully saturated rings. The molecule has 0 radical (unpaired) electrons. The number of hydrogen-bond acceptors (Lipinski definition) is 4. The number of nitrogens with zero attached hydrogens (tertiary/aromatic N) is 2. The van der Waals surface area contributed by atoms with Crippen molar-refractivity contribution in [3.05, 3.63) is 0 Å². The van der Waals surface area contributed by atoms with E-state index < -0.39 is 5.97 Å². The van der Waals surface area contributed by atoms with E-state index in [0.717, 1.165) is 32.6 Å². The van der Waals surface area contributed by atoms with E-state index in [9.17, 15) is 9.59 Å². The van der Waals surface area contributed by atoms with Crippen molar-refractivity contribution in [3.63, 3.8) is 0 Å². The van der Waals surface area contributed by atoms with Crippen LogP contribution < -0.4 is 5.32 Å². The van der Waals surface area contributed by atoms with E-state index in [1.807, 2.05) is 13.8 Å². The number of carbonyl (C=O) groups excluding carboxylic acids is 1. The van der Waals surface area contributed by atoms with Crippen molar-refractivity contribution < 1.29 is 14.7 Å². The molecule has 19 heavy (non-hydrogen) atoms. The van der Waals surface area contributed by atoms with Gasteiger partial charge >= 0.3 is 5.97 Å². The van der Waals surface area contributed by atoms with Crippen LogP contribution in [0.15, 0.2) is 0 Å². The second-order valence-electron chi connectivity index (χ2n) is 5.44. The molecule has 2 N–H and O–H groups in total. The fourth-order valence-electron chi connectivity index (χ4n) is 2.21. The molecule has 1 aliphatic heterocycles. The second-order valence-corrected chi connectivity index (χ2v) is 5.44. The van der Waals surface area contributed by atoms with Crippen LogP contribution in [0.1, 0.15) is 20.3 Å². The molecule has 6 nitrogen and oxygen atoms in total. The highest BCUT2D eigenvalue weighted by Crippen LogP contribution is 2.02. The summed E-state index contributed by atoms with van der Waals surface area (Å²) in [5.74, 6) is -0.765. The Morgan fingerprint density at radius 3 is 2.68 bits per heavy atom. The van der Waals surface area contributed by atoms with Crippen molar-refractivity contribution in [2.24, 2.45) is 5.92 Å². The molecule has 1 aliphatic rings. The number of aliphatic carboxylic acids is 1. The molecule has 0 atom stereocenters. The smallest absolute Gasteiger partial charge is 0.323 e. The molecule has 1 rings (SSSR count). The second kappa shape index (κ2) is 8.12. The highest BCUT2D eigenvalue weighted by molar-refractivity contribution is 5.82. The highest BCUT2D eigenvalue weighted by atomic mass is 16.4. The largest absolute Gasteiger partial charge is 0.480 e. The number of carbonyl (C=O) groups is 2. The van der Waals surface area contributed by atoms with Crippen LogP contribution in [0.4, 0.5) is 0 Å². The molecule has 110 valence electrons. The van der Waals surface area contributed by atoms with Gasteiger partial charge in [0.1, 0.15) is 6.54 Å². The summed E-state index contributed by atoms with van der Waals surface area (Å²) in [5, 5.41) is 12.2. The maximum atomic E-state index is 12.2. The first-order valence-electron chi connectivity index (χ1n) is 6.91. The summed E-state index contributed by atoms with van der Waals surface area (Å²) >= 11 is 0. The zero-order chi connectivity index (χ0) is 14.3. The van der Waals surface area contributed by atoms with Crippen LogP contribution in [-0.4, -0.2) is 72.6 Å². The van der Waals surface area contributed by atoms with Crippen LogP contribution in [0.2, 0.25) is 0 Å². The van der Waals surface area contributed by atoms with Gasteiger partial charge in [0.2, 0.25) is 5.91 Å². The van der Waals surface area contributed by atoms with Crippen molar-refractivity contribution >= 4 is 11.9 Å². The van der Waals surface area contributed by atoms with Crippen LogP contribution >= 0.6 is 0 Å². The van der Waals surface area contributed by atoms with Gasteiger partial charge in [0, 0.05) is 19.6 Å². The number of hydrogen-bond donors (Lipinski definition) is 2.